The van der Waals surface area contributed by atoms with Crippen molar-refractivity contribution in [2.75, 3.05) is 26.4 Å². The van der Waals surface area contributed by atoms with E-state index >= 15 is 0 Å². The van der Waals surface area contributed by atoms with Gasteiger partial charge >= 0.3 is 19.8 Å². The Labute approximate surface area is 368 Å². The number of aryl methyl sites for hydroxylation is 2. The van der Waals surface area contributed by atoms with E-state index in [1.165, 1.54) is 74.0 Å². The Bertz CT molecular complexity index is 1480. The molecule has 0 aromatic carbocycles. The molecule has 0 radical (unpaired) electrons. The predicted molar refractivity (Wildman–Crippen MR) is 247 cm³/mol. The van der Waals surface area contributed by atoms with Gasteiger partial charge in [0.05, 0.1) is 19.3 Å². The average Bonchev–Trinajstić information content (AvgIpc) is 3.51. The van der Waals surface area contributed by atoms with Gasteiger partial charge in [-0.05, 0) is 82.8 Å². The van der Waals surface area contributed by atoms with Crippen molar-refractivity contribution in [3.8, 4) is 0 Å². The second-order valence-electron chi connectivity index (χ2n) is 15.7. The van der Waals surface area contributed by atoms with E-state index in [2.05, 4.69) is 51.2 Å². The van der Waals surface area contributed by atoms with Gasteiger partial charge in [-0.2, -0.15) is 0 Å². The molecule has 61 heavy (non-hydrogen) atoms. The Kier molecular flexibility index (Phi) is 34.4. The van der Waals surface area contributed by atoms with E-state index in [0.29, 0.717) is 25.7 Å². The maximum atomic E-state index is 12.7. The zero-order valence-corrected chi connectivity index (χ0v) is 39.1. The molecular formula is C49H82NO10P. The number of nitrogens with two attached hydrogens (primary N) is 1. The Morgan fingerprint density at radius 1 is 0.689 bits per heavy atom. The minimum atomic E-state index is -4.41. The number of hydrogen-bond donors (Lipinski definition) is 3. The summed E-state index contributed by atoms with van der Waals surface area (Å²) in [6, 6.07) is 0. The van der Waals surface area contributed by atoms with E-state index < -0.39 is 32.5 Å². The van der Waals surface area contributed by atoms with Crippen LogP contribution in [0.4, 0.5) is 0 Å². The topological polar surface area (TPSA) is 168 Å². The molecule has 1 heterocycles. The summed E-state index contributed by atoms with van der Waals surface area (Å²) in [4.78, 5) is 35.0. The zero-order valence-electron chi connectivity index (χ0n) is 38.2. The van der Waals surface area contributed by atoms with Crippen molar-refractivity contribution >= 4 is 19.8 Å². The van der Waals surface area contributed by atoms with E-state index in [9.17, 15) is 24.2 Å². The molecule has 12 heteroatoms. The molecule has 11 nitrogen and oxygen atoms in total. The Hall–Kier alpha value is -3.05. The number of phosphoric ester groups is 1. The van der Waals surface area contributed by atoms with Gasteiger partial charge in [-0.15, -0.1) is 0 Å². The number of carbonyl (C=O) groups excluding carboxylic acids is 2. The minimum Gasteiger partial charge on any atom is -0.466 e. The highest BCUT2D eigenvalue weighted by atomic mass is 31.2. The molecule has 1 aromatic rings. The molecule has 348 valence electrons. The van der Waals surface area contributed by atoms with Gasteiger partial charge in [0.15, 0.2) is 6.10 Å². The Balaban J connectivity index is 2.27. The van der Waals surface area contributed by atoms with Crippen molar-refractivity contribution in [2.24, 2.45) is 5.73 Å². The van der Waals surface area contributed by atoms with Crippen LogP contribution < -0.4 is 5.73 Å². The first-order chi connectivity index (χ1) is 29.5. The highest BCUT2D eigenvalue weighted by Gasteiger charge is 2.26. The molecule has 0 fully saturated rings. The first-order valence-corrected chi connectivity index (χ1v) is 24.7. The highest BCUT2D eigenvalue weighted by Crippen LogP contribution is 2.43. The predicted octanol–water partition coefficient (Wildman–Crippen LogP) is 11.9. The van der Waals surface area contributed by atoms with Crippen LogP contribution in [-0.2, 0) is 45.5 Å². The van der Waals surface area contributed by atoms with Crippen molar-refractivity contribution in [3.05, 3.63) is 83.4 Å². The van der Waals surface area contributed by atoms with E-state index in [1.54, 1.807) is 6.08 Å². The highest BCUT2D eigenvalue weighted by molar-refractivity contribution is 7.47. The van der Waals surface area contributed by atoms with Crippen LogP contribution in [0.25, 0.3) is 0 Å². The van der Waals surface area contributed by atoms with E-state index in [1.807, 2.05) is 31.2 Å². The second-order valence-corrected chi connectivity index (χ2v) is 17.1. The monoisotopic (exact) mass is 876 g/mol. The van der Waals surface area contributed by atoms with Crippen LogP contribution in [0.2, 0.25) is 0 Å². The van der Waals surface area contributed by atoms with Crippen LogP contribution in [0.15, 0.2) is 65.2 Å². The molecule has 0 bridgehead atoms. The van der Waals surface area contributed by atoms with Gasteiger partial charge in [-0.25, -0.2) is 4.57 Å². The number of rotatable bonds is 39. The SMILES string of the molecule is CCCCCc1oc(CCCCCCCCCCCCC(=O)O[C@H](COC(=O)CCC/C=C\C/C=C\C/C=C\C/C=C\C=C\[C@@H](O)CC)COP(=O)(O)OCCN)c(C)c1C. The van der Waals surface area contributed by atoms with Crippen molar-refractivity contribution < 1.29 is 47.1 Å². The molecule has 3 atom stereocenters. The normalized spacial score (nSPS) is 14.3. The zero-order chi connectivity index (χ0) is 44.8. The molecule has 0 saturated carbocycles. The fourth-order valence-corrected chi connectivity index (χ4v) is 7.15. The van der Waals surface area contributed by atoms with Gasteiger partial charge in [-0.3, -0.25) is 18.6 Å². The fourth-order valence-electron chi connectivity index (χ4n) is 6.39. The third-order valence-corrected chi connectivity index (χ3v) is 11.3. The molecule has 0 aliphatic heterocycles. The molecule has 4 N–H and O–H groups in total. The van der Waals surface area contributed by atoms with Gasteiger partial charge in [0.2, 0.25) is 0 Å². The van der Waals surface area contributed by atoms with E-state index in [4.69, 9.17) is 28.7 Å². The summed E-state index contributed by atoms with van der Waals surface area (Å²) in [7, 11) is -4.41. The summed E-state index contributed by atoms with van der Waals surface area (Å²) in [5, 5.41) is 9.48. The number of aliphatic hydroxyl groups is 1. The summed E-state index contributed by atoms with van der Waals surface area (Å²) in [5.41, 5.74) is 8.03. The van der Waals surface area contributed by atoms with Crippen LogP contribution >= 0.6 is 7.82 Å². The number of furan rings is 1. The van der Waals surface area contributed by atoms with Crippen LogP contribution in [0.3, 0.4) is 0 Å². The summed E-state index contributed by atoms with van der Waals surface area (Å²) in [6.07, 6.45) is 40.3. The number of allylic oxidation sites excluding steroid dienone is 9. The van der Waals surface area contributed by atoms with Crippen molar-refractivity contribution in [1.82, 2.24) is 0 Å². The maximum absolute atomic E-state index is 12.7. The van der Waals surface area contributed by atoms with Gasteiger partial charge in [0.25, 0.3) is 0 Å². The third kappa shape index (κ3) is 31.4. The number of carbonyl (C=O) groups is 2. The molecule has 1 unspecified atom stereocenters. The molecule has 0 amide bonds. The lowest BCUT2D eigenvalue weighted by molar-refractivity contribution is -0.161. The number of unbranched alkanes of at least 4 members (excludes halogenated alkanes) is 12. The first-order valence-electron chi connectivity index (χ1n) is 23.2. The quantitative estimate of drug-likeness (QED) is 0.0189. The number of phosphoric acid groups is 1. The van der Waals surface area contributed by atoms with E-state index in [-0.39, 0.29) is 38.7 Å². The van der Waals surface area contributed by atoms with Gasteiger partial charge < -0.3 is 29.6 Å². The average molecular weight is 876 g/mol. The Morgan fingerprint density at radius 2 is 1.23 bits per heavy atom. The Morgan fingerprint density at radius 3 is 1.82 bits per heavy atom. The number of ether oxygens (including phenoxy) is 2. The molecule has 0 aliphatic carbocycles. The van der Waals surface area contributed by atoms with Crippen LogP contribution in [0.1, 0.15) is 171 Å². The lowest BCUT2D eigenvalue weighted by Gasteiger charge is -2.19. The summed E-state index contributed by atoms with van der Waals surface area (Å²) < 4.78 is 39.0. The van der Waals surface area contributed by atoms with Crippen molar-refractivity contribution in [1.29, 1.82) is 0 Å². The standard InChI is InChI=1S/C49H82NO10P/c1-5-7-28-34-46-42(3)43(4)47(60-46)35-30-25-21-17-14-15-19-23-27-32-37-49(53)59-45(41-58-61(54,55)57-39-38-50)40-56-48(52)36-31-26-22-18-13-11-9-8-10-12-16-20-24-29-33-44(51)6-2/h9-12,18,20,22,24,29,33,44-45,51H,5-8,13-17,19,21,23,25-28,30-32,34-41,50H2,1-4H3,(H,54,55)/b11-9-,12-10-,22-18-,24-20-,33-29+/t44-,45+/m0/s1. The van der Waals surface area contributed by atoms with Gasteiger partial charge in [0.1, 0.15) is 18.1 Å². The number of aliphatic hydroxyl groups excluding tert-OH is 1. The largest absolute Gasteiger partial charge is 0.472 e. The second kappa shape index (κ2) is 37.5. The summed E-state index contributed by atoms with van der Waals surface area (Å²) in [6.45, 7) is 7.65. The van der Waals surface area contributed by atoms with Crippen LogP contribution in [0.5, 0.6) is 0 Å². The van der Waals surface area contributed by atoms with Crippen molar-refractivity contribution in [2.45, 2.75) is 188 Å². The van der Waals surface area contributed by atoms with Crippen LogP contribution in [0, 0.1) is 13.8 Å². The van der Waals surface area contributed by atoms with E-state index in [0.717, 1.165) is 57.8 Å². The molecule has 0 aliphatic rings. The smallest absolute Gasteiger partial charge is 0.466 e. The fraction of sp³-hybridized carbons (Fsp3) is 0.673. The number of hydrogen-bond acceptors (Lipinski definition) is 10. The van der Waals surface area contributed by atoms with Crippen LogP contribution in [-0.4, -0.2) is 60.5 Å². The molecular weight excluding hydrogens is 794 g/mol. The molecule has 1 aromatic heterocycles. The van der Waals surface area contributed by atoms with Gasteiger partial charge in [-0.1, -0.05) is 139 Å². The third-order valence-electron chi connectivity index (χ3n) is 10.3. The minimum absolute atomic E-state index is 0.0323. The molecule has 1 rings (SSSR count). The van der Waals surface area contributed by atoms with Crippen molar-refractivity contribution in [3.63, 3.8) is 0 Å². The maximum Gasteiger partial charge on any atom is 0.472 e. The molecule has 0 spiro atoms. The lowest BCUT2D eigenvalue weighted by Crippen LogP contribution is -2.29. The molecule has 0 saturated heterocycles. The number of esters is 2. The summed E-state index contributed by atoms with van der Waals surface area (Å²) >= 11 is 0. The first kappa shape index (κ1) is 56.0. The van der Waals surface area contributed by atoms with Gasteiger partial charge in [0, 0.05) is 32.2 Å². The summed E-state index contributed by atoms with van der Waals surface area (Å²) in [5.74, 6) is 1.42. The lowest BCUT2D eigenvalue weighted by atomic mass is 10.0.